The number of halogens is 1. The lowest BCUT2D eigenvalue weighted by atomic mass is 10.2. The van der Waals surface area contributed by atoms with E-state index in [9.17, 15) is 4.79 Å². The maximum Gasteiger partial charge on any atom is 0.260 e. The molecule has 0 radical (unpaired) electrons. The molecule has 0 saturated carbocycles. The number of para-hydroxylation sites is 1. The van der Waals surface area contributed by atoms with Crippen LogP contribution >= 0.6 is 23.4 Å². The largest absolute Gasteiger partial charge is 0.495 e. The average molecular weight is 402 g/mol. The Labute approximate surface area is 166 Å². The fourth-order valence-corrected chi connectivity index (χ4v) is 3.62. The second kappa shape index (κ2) is 8.71. The van der Waals surface area contributed by atoms with E-state index >= 15 is 0 Å². The molecule has 1 amide bonds. The van der Waals surface area contributed by atoms with Crippen LogP contribution in [0.25, 0.3) is 6.08 Å². The number of amides is 1. The van der Waals surface area contributed by atoms with E-state index in [4.69, 9.17) is 26.3 Å². The number of benzene rings is 2. The highest BCUT2D eigenvalue weighted by molar-refractivity contribution is 8.05. The zero-order chi connectivity index (χ0) is 19.2. The van der Waals surface area contributed by atoms with Gasteiger partial charge in [-0.1, -0.05) is 41.6 Å². The van der Waals surface area contributed by atoms with Crippen LogP contribution in [0.5, 0.6) is 11.5 Å². The Kier molecular flexibility index (Phi) is 6.12. The van der Waals surface area contributed by atoms with Crippen molar-refractivity contribution in [2.45, 2.75) is 5.50 Å². The number of methoxy groups -OCH3 is 1. The first kappa shape index (κ1) is 19.0. The maximum absolute atomic E-state index is 12.3. The molecule has 0 bridgehead atoms. The number of carbonyl (C=O) groups excluding carboxylic acids is 1. The van der Waals surface area contributed by atoms with Crippen molar-refractivity contribution < 1.29 is 14.3 Å². The zero-order valence-corrected chi connectivity index (χ0v) is 15.9. The van der Waals surface area contributed by atoms with Crippen molar-refractivity contribution in [1.29, 1.82) is 5.26 Å². The number of nitrogens with one attached hydrogen (secondary N) is 2. The smallest absolute Gasteiger partial charge is 0.260 e. The fraction of sp³-hybridized carbons (Fsp3) is 0.158. The highest BCUT2D eigenvalue weighted by Crippen LogP contribution is 2.35. The SMILES string of the molecule is COc1ccc(Cl)cc1NC1NC(=O)/C(=C/c2ccccc2OCC#N)S1. The number of rotatable bonds is 6. The van der Waals surface area contributed by atoms with Crippen molar-refractivity contribution >= 4 is 41.0 Å². The molecule has 0 aromatic heterocycles. The second-order valence-electron chi connectivity index (χ2n) is 5.45. The molecule has 1 aliphatic heterocycles. The number of nitrogens with zero attached hydrogens (tertiary/aromatic N) is 1. The lowest BCUT2D eigenvalue weighted by Gasteiger charge is -2.15. The molecule has 1 unspecified atom stereocenters. The third-order valence-corrected chi connectivity index (χ3v) is 4.94. The van der Waals surface area contributed by atoms with Crippen molar-refractivity contribution in [3.05, 3.63) is 58.0 Å². The minimum atomic E-state index is -0.372. The Morgan fingerprint density at radius 3 is 2.93 bits per heavy atom. The lowest BCUT2D eigenvalue weighted by Crippen LogP contribution is -2.31. The van der Waals surface area contributed by atoms with Crippen molar-refractivity contribution in [1.82, 2.24) is 5.32 Å². The van der Waals surface area contributed by atoms with Gasteiger partial charge in [-0.3, -0.25) is 4.79 Å². The number of thioether (sulfide) groups is 1. The summed E-state index contributed by atoms with van der Waals surface area (Å²) in [6.07, 6.45) is 1.74. The van der Waals surface area contributed by atoms with Gasteiger partial charge in [0.25, 0.3) is 5.91 Å². The highest BCUT2D eigenvalue weighted by atomic mass is 35.5. The van der Waals surface area contributed by atoms with E-state index in [1.165, 1.54) is 11.8 Å². The first-order valence-electron chi connectivity index (χ1n) is 7.99. The molecule has 3 rings (SSSR count). The van der Waals surface area contributed by atoms with Crippen LogP contribution in [0.15, 0.2) is 47.4 Å². The molecule has 0 aliphatic carbocycles. The monoisotopic (exact) mass is 401 g/mol. The second-order valence-corrected chi connectivity index (χ2v) is 7.04. The number of nitriles is 1. The predicted octanol–water partition coefficient (Wildman–Crippen LogP) is 3.85. The van der Waals surface area contributed by atoms with Crippen LogP contribution in [0.2, 0.25) is 5.02 Å². The molecule has 1 saturated heterocycles. The van der Waals surface area contributed by atoms with Crippen LogP contribution in [-0.4, -0.2) is 25.1 Å². The first-order valence-corrected chi connectivity index (χ1v) is 9.24. The van der Waals surface area contributed by atoms with E-state index in [-0.39, 0.29) is 18.0 Å². The van der Waals surface area contributed by atoms with E-state index < -0.39 is 0 Å². The minimum Gasteiger partial charge on any atom is -0.495 e. The third-order valence-electron chi connectivity index (χ3n) is 3.68. The summed E-state index contributed by atoms with van der Waals surface area (Å²) in [6.45, 7) is -0.0573. The first-order chi connectivity index (χ1) is 13.1. The number of carbonyl (C=O) groups is 1. The van der Waals surface area contributed by atoms with Crippen molar-refractivity contribution in [2.24, 2.45) is 0 Å². The van der Waals surface area contributed by atoms with Gasteiger partial charge in [-0.25, -0.2) is 0 Å². The standard InChI is InChI=1S/C19H16ClN3O3S/c1-25-16-7-6-13(20)11-14(16)22-19-23-18(24)17(27-19)10-12-4-2-3-5-15(12)26-9-8-21/h2-7,10-11,19,22H,9H2,1H3,(H,23,24)/b17-10-. The summed E-state index contributed by atoms with van der Waals surface area (Å²) in [5, 5.41) is 15.3. The molecule has 27 heavy (non-hydrogen) atoms. The van der Waals surface area contributed by atoms with E-state index in [0.717, 1.165) is 5.56 Å². The van der Waals surface area contributed by atoms with Gasteiger partial charge in [-0.2, -0.15) is 5.26 Å². The molecule has 6 nitrogen and oxygen atoms in total. The van der Waals surface area contributed by atoms with Crippen LogP contribution in [-0.2, 0) is 4.79 Å². The summed E-state index contributed by atoms with van der Waals surface area (Å²) in [5.41, 5.74) is 1.04. The lowest BCUT2D eigenvalue weighted by molar-refractivity contribution is -0.116. The molecular formula is C19H16ClN3O3S. The summed E-state index contributed by atoms with van der Waals surface area (Å²) in [5.74, 6) is 0.975. The molecule has 2 N–H and O–H groups in total. The zero-order valence-electron chi connectivity index (χ0n) is 14.4. The van der Waals surface area contributed by atoms with E-state index in [1.807, 2.05) is 24.3 Å². The summed E-state index contributed by atoms with van der Waals surface area (Å²) in [7, 11) is 1.57. The average Bonchev–Trinajstić information content (AvgIpc) is 3.00. The van der Waals surface area contributed by atoms with E-state index in [1.54, 1.807) is 37.5 Å². The third kappa shape index (κ3) is 4.67. The van der Waals surface area contributed by atoms with Gasteiger partial charge in [0, 0.05) is 10.6 Å². The van der Waals surface area contributed by atoms with Gasteiger partial charge in [0.05, 0.1) is 17.7 Å². The molecule has 1 aliphatic rings. The van der Waals surface area contributed by atoms with Gasteiger partial charge >= 0.3 is 0 Å². The van der Waals surface area contributed by atoms with E-state index in [0.29, 0.717) is 27.1 Å². The molecular weight excluding hydrogens is 386 g/mol. The molecule has 1 fully saturated rings. The van der Waals surface area contributed by atoms with Crippen LogP contribution in [0.1, 0.15) is 5.56 Å². The van der Waals surface area contributed by atoms with Crippen molar-refractivity contribution in [3.63, 3.8) is 0 Å². The van der Waals surface area contributed by atoms with Gasteiger partial charge < -0.3 is 20.1 Å². The summed E-state index contributed by atoms with van der Waals surface area (Å²) >= 11 is 7.38. The number of ether oxygens (including phenoxy) is 2. The van der Waals surface area contributed by atoms with Gasteiger partial charge in [-0.15, -0.1) is 0 Å². The summed E-state index contributed by atoms with van der Waals surface area (Å²) in [6, 6.07) is 14.4. The Balaban J connectivity index is 1.78. The Morgan fingerprint density at radius 2 is 2.15 bits per heavy atom. The predicted molar refractivity (Wildman–Crippen MR) is 107 cm³/mol. The molecule has 1 atom stereocenters. The van der Waals surface area contributed by atoms with Gasteiger partial charge in [0.15, 0.2) is 12.1 Å². The van der Waals surface area contributed by atoms with Crippen molar-refractivity contribution in [3.8, 4) is 17.6 Å². The topological polar surface area (TPSA) is 83.4 Å². The number of anilines is 1. The minimum absolute atomic E-state index is 0.0573. The van der Waals surface area contributed by atoms with Crippen molar-refractivity contribution in [2.75, 3.05) is 19.0 Å². The van der Waals surface area contributed by atoms with Gasteiger partial charge in [0.2, 0.25) is 0 Å². The van der Waals surface area contributed by atoms with Gasteiger partial charge in [0.1, 0.15) is 17.6 Å². The molecule has 0 spiro atoms. The molecule has 2 aromatic carbocycles. The molecule has 1 heterocycles. The Bertz CT molecular complexity index is 927. The van der Waals surface area contributed by atoms with Crippen LogP contribution < -0.4 is 20.1 Å². The normalized spacial score (nSPS) is 17.3. The van der Waals surface area contributed by atoms with Crippen LogP contribution in [0.4, 0.5) is 5.69 Å². The quantitative estimate of drug-likeness (QED) is 0.715. The van der Waals surface area contributed by atoms with Crippen LogP contribution in [0, 0.1) is 11.3 Å². The Morgan fingerprint density at radius 1 is 1.33 bits per heavy atom. The molecule has 138 valence electrons. The number of hydrogen-bond donors (Lipinski definition) is 2. The summed E-state index contributed by atoms with van der Waals surface area (Å²) < 4.78 is 10.7. The summed E-state index contributed by atoms with van der Waals surface area (Å²) in [4.78, 5) is 12.9. The van der Waals surface area contributed by atoms with Gasteiger partial charge in [-0.05, 0) is 30.3 Å². The van der Waals surface area contributed by atoms with Crippen LogP contribution in [0.3, 0.4) is 0 Å². The molecule has 2 aromatic rings. The highest BCUT2D eigenvalue weighted by Gasteiger charge is 2.28. The molecule has 8 heteroatoms. The Hall–Kier alpha value is -2.82. The fourth-order valence-electron chi connectivity index (χ4n) is 2.48. The number of hydrogen-bond acceptors (Lipinski definition) is 6. The maximum atomic E-state index is 12.3. The van der Waals surface area contributed by atoms with E-state index in [2.05, 4.69) is 10.6 Å².